The van der Waals surface area contributed by atoms with E-state index in [2.05, 4.69) is 62.6 Å². The van der Waals surface area contributed by atoms with Crippen molar-refractivity contribution < 1.29 is 23.6 Å². The number of aryl methyl sites for hydroxylation is 1. The third-order valence-electron chi connectivity index (χ3n) is 8.92. The Morgan fingerprint density at radius 1 is 1.11 bits per heavy atom. The monoisotopic (exact) mass is 526 g/mol. The first-order chi connectivity index (χ1) is 17.6. The highest BCUT2D eigenvalue weighted by Gasteiger charge is 2.68. The van der Waals surface area contributed by atoms with E-state index in [-0.39, 0.29) is 28.9 Å². The Morgan fingerprint density at radius 2 is 1.76 bits per heavy atom. The van der Waals surface area contributed by atoms with Crippen LogP contribution < -0.4 is 10.6 Å². The standard InChI is InChI=1S/C30H47BN2O5/c1-18(2)14-22(32-27(35)36-28(4,5)6)26(34)33-25(15-20-12-10-19(3)11-13-20)31-37-24-17-21-16-23(29(21,7)8)30(24,9)38-31/h10-13,18,21-25H,14-17H2,1-9H3,(H,32,35)(H,33,34)/t21-,22-,23-,24+,25-,30-/m0/s1. The summed E-state index contributed by atoms with van der Waals surface area (Å²) in [6.07, 6.45) is 2.64. The summed E-state index contributed by atoms with van der Waals surface area (Å²) in [6.45, 7) is 18.4. The molecule has 4 fully saturated rings. The topological polar surface area (TPSA) is 85.9 Å². The highest BCUT2D eigenvalue weighted by Crippen LogP contribution is 2.65. The number of hydrogen-bond acceptors (Lipinski definition) is 5. The first-order valence-corrected chi connectivity index (χ1v) is 14.3. The van der Waals surface area contributed by atoms with Crippen molar-refractivity contribution in [3.05, 3.63) is 35.4 Å². The average molecular weight is 527 g/mol. The van der Waals surface area contributed by atoms with Crippen LogP contribution in [-0.2, 0) is 25.3 Å². The number of carbonyl (C=O) groups excluding carboxylic acids is 2. The van der Waals surface area contributed by atoms with E-state index in [1.54, 1.807) is 0 Å². The molecular formula is C30H47BN2O5. The highest BCUT2D eigenvalue weighted by molar-refractivity contribution is 6.48. The zero-order chi connectivity index (χ0) is 28.0. The molecule has 0 radical (unpaired) electrons. The predicted molar refractivity (Wildman–Crippen MR) is 150 cm³/mol. The van der Waals surface area contributed by atoms with Crippen molar-refractivity contribution >= 4 is 19.1 Å². The van der Waals surface area contributed by atoms with Gasteiger partial charge in [-0.2, -0.15) is 0 Å². The normalized spacial score (nSPS) is 29.2. The summed E-state index contributed by atoms with van der Waals surface area (Å²) in [4.78, 5) is 26.2. The molecule has 1 aromatic carbocycles. The van der Waals surface area contributed by atoms with Crippen molar-refractivity contribution in [2.45, 2.75) is 117 Å². The van der Waals surface area contributed by atoms with Crippen LogP contribution in [0.5, 0.6) is 0 Å². The van der Waals surface area contributed by atoms with E-state index in [9.17, 15) is 9.59 Å². The van der Waals surface area contributed by atoms with E-state index in [4.69, 9.17) is 14.0 Å². The maximum Gasteiger partial charge on any atom is 0.482 e. The minimum atomic E-state index is -0.726. The van der Waals surface area contributed by atoms with Crippen LogP contribution in [-0.4, -0.2) is 48.4 Å². The van der Waals surface area contributed by atoms with E-state index in [0.29, 0.717) is 24.7 Å². The molecule has 2 amide bonds. The lowest BCUT2D eigenvalue weighted by Gasteiger charge is -2.64. The van der Waals surface area contributed by atoms with Gasteiger partial charge in [0, 0.05) is 0 Å². The van der Waals surface area contributed by atoms with Gasteiger partial charge in [-0.25, -0.2) is 4.79 Å². The molecule has 38 heavy (non-hydrogen) atoms. The third kappa shape index (κ3) is 6.06. The van der Waals surface area contributed by atoms with Crippen LogP contribution in [0.15, 0.2) is 24.3 Å². The number of carbonyl (C=O) groups is 2. The maximum atomic E-state index is 13.7. The molecular weight excluding hydrogens is 479 g/mol. The van der Waals surface area contributed by atoms with Crippen molar-refractivity contribution in [2.24, 2.45) is 23.2 Å². The lowest BCUT2D eigenvalue weighted by atomic mass is 9.43. The predicted octanol–water partition coefficient (Wildman–Crippen LogP) is 5.23. The maximum absolute atomic E-state index is 13.7. The van der Waals surface area contributed by atoms with Gasteiger partial charge < -0.3 is 24.7 Å². The van der Waals surface area contributed by atoms with Crippen LogP contribution in [0.25, 0.3) is 0 Å². The molecule has 8 heteroatoms. The fourth-order valence-corrected chi connectivity index (χ4v) is 6.70. The van der Waals surface area contributed by atoms with Gasteiger partial charge in [-0.1, -0.05) is 57.5 Å². The largest absolute Gasteiger partial charge is 0.482 e. The Labute approximate surface area is 229 Å². The van der Waals surface area contributed by atoms with Gasteiger partial charge in [0.25, 0.3) is 0 Å². The molecule has 6 atom stereocenters. The molecule has 3 aliphatic carbocycles. The molecule has 1 heterocycles. The van der Waals surface area contributed by atoms with Crippen LogP contribution in [0.2, 0.25) is 0 Å². The zero-order valence-corrected chi connectivity index (χ0v) is 24.7. The molecule has 5 rings (SSSR count). The van der Waals surface area contributed by atoms with Crippen LogP contribution >= 0.6 is 0 Å². The summed E-state index contributed by atoms with van der Waals surface area (Å²) in [5.41, 5.74) is 1.49. The number of rotatable bonds is 8. The highest BCUT2D eigenvalue weighted by atomic mass is 16.7. The molecule has 3 saturated carbocycles. The van der Waals surface area contributed by atoms with E-state index in [1.807, 2.05) is 34.6 Å². The first kappa shape index (κ1) is 28.9. The summed E-state index contributed by atoms with van der Waals surface area (Å²) in [7, 11) is -0.563. The van der Waals surface area contributed by atoms with Gasteiger partial charge in [0.2, 0.25) is 5.91 Å². The van der Waals surface area contributed by atoms with E-state index < -0.39 is 30.8 Å². The van der Waals surface area contributed by atoms with Crippen LogP contribution in [0.1, 0.15) is 85.8 Å². The molecule has 0 spiro atoms. The van der Waals surface area contributed by atoms with Crippen molar-refractivity contribution in [1.29, 1.82) is 0 Å². The number of benzene rings is 1. The second-order valence-corrected chi connectivity index (χ2v) is 14.0. The van der Waals surface area contributed by atoms with E-state index >= 15 is 0 Å². The van der Waals surface area contributed by atoms with Gasteiger partial charge in [-0.05, 0) is 89.0 Å². The SMILES string of the molecule is Cc1ccc(C[C@H](NC(=O)[C@H](CC(C)C)NC(=O)OC(C)(C)C)B2O[C@@H]3C[C@@H]4C[C@@H](C4(C)C)[C@]3(C)O2)cc1. The summed E-state index contributed by atoms with van der Waals surface area (Å²) in [6, 6.07) is 7.60. The minimum Gasteiger partial charge on any atom is -0.444 e. The fourth-order valence-electron chi connectivity index (χ4n) is 6.70. The molecule has 1 aliphatic heterocycles. The fraction of sp³-hybridized carbons (Fsp3) is 0.733. The summed E-state index contributed by atoms with van der Waals surface area (Å²) >= 11 is 0. The number of alkyl carbamates (subject to hydrolysis) is 1. The second kappa shape index (κ2) is 10.5. The van der Waals surface area contributed by atoms with Crippen LogP contribution in [0.4, 0.5) is 4.79 Å². The molecule has 2 N–H and O–H groups in total. The van der Waals surface area contributed by atoms with E-state index in [0.717, 1.165) is 12.0 Å². The Morgan fingerprint density at radius 3 is 2.34 bits per heavy atom. The summed E-state index contributed by atoms with van der Waals surface area (Å²) in [5, 5.41) is 6.01. The smallest absolute Gasteiger partial charge is 0.444 e. The molecule has 1 aromatic rings. The quantitative estimate of drug-likeness (QED) is 0.453. The minimum absolute atomic E-state index is 0.0213. The van der Waals surface area contributed by atoms with Gasteiger partial charge >= 0.3 is 13.2 Å². The second-order valence-electron chi connectivity index (χ2n) is 14.0. The Balaban J connectivity index is 1.54. The molecule has 7 nitrogen and oxygen atoms in total. The van der Waals surface area contributed by atoms with Crippen molar-refractivity contribution in [3.8, 4) is 0 Å². The first-order valence-electron chi connectivity index (χ1n) is 14.3. The molecule has 0 unspecified atom stereocenters. The lowest BCUT2D eigenvalue weighted by Crippen LogP contribution is -2.65. The van der Waals surface area contributed by atoms with Crippen molar-refractivity contribution in [1.82, 2.24) is 10.6 Å². The molecule has 2 bridgehead atoms. The Kier molecular flexibility index (Phi) is 7.99. The number of amides is 2. The van der Waals surface area contributed by atoms with Crippen molar-refractivity contribution in [3.63, 3.8) is 0 Å². The number of nitrogens with one attached hydrogen (secondary N) is 2. The van der Waals surface area contributed by atoms with Gasteiger partial charge in [-0.15, -0.1) is 0 Å². The molecule has 4 aliphatic rings. The van der Waals surface area contributed by atoms with Gasteiger partial charge in [0.1, 0.15) is 11.6 Å². The van der Waals surface area contributed by atoms with Crippen molar-refractivity contribution in [2.75, 3.05) is 0 Å². The summed E-state index contributed by atoms with van der Waals surface area (Å²) < 4.78 is 18.8. The van der Waals surface area contributed by atoms with Crippen LogP contribution in [0, 0.1) is 30.1 Å². The summed E-state index contributed by atoms with van der Waals surface area (Å²) in [5.74, 6) is 0.626. The Hall–Kier alpha value is -2.06. The zero-order valence-electron chi connectivity index (χ0n) is 24.7. The van der Waals surface area contributed by atoms with Gasteiger partial charge in [-0.3, -0.25) is 4.79 Å². The number of ether oxygens (including phenoxy) is 1. The molecule has 210 valence electrons. The lowest BCUT2D eigenvalue weighted by molar-refractivity contribution is -0.199. The van der Waals surface area contributed by atoms with Gasteiger partial charge in [0.15, 0.2) is 0 Å². The number of hydrogen-bond donors (Lipinski definition) is 2. The average Bonchev–Trinajstić information content (AvgIpc) is 3.15. The van der Waals surface area contributed by atoms with Gasteiger partial charge in [0.05, 0.1) is 17.6 Å². The molecule has 0 aromatic heterocycles. The van der Waals surface area contributed by atoms with E-state index in [1.165, 1.54) is 12.0 Å². The molecule has 1 saturated heterocycles. The van der Waals surface area contributed by atoms with Crippen LogP contribution in [0.3, 0.4) is 0 Å². The Bertz CT molecular complexity index is 1020. The third-order valence-corrected chi connectivity index (χ3v) is 8.92.